The number of hydrogen-bond donors (Lipinski definition) is 1. The van der Waals surface area contributed by atoms with Crippen molar-refractivity contribution in [1.29, 1.82) is 0 Å². The Morgan fingerprint density at radius 1 is 1.19 bits per heavy atom. The summed E-state index contributed by atoms with van der Waals surface area (Å²) < 4.78 is 0. The van der Waals surface area contributed by atoms with Gasteiger partial charge in [0.25, 0.3) is 0 Å². The predicted molar refractivity (Wildman–Crippen MR) is 87.0 cm³/mol. The molecule has 0 spiro atoms. The van der Waals surface area contributed by atoms with Gasteiger partial charge in [-0.3, -0.25) is 9.88 Å². The SMILES string of the molecule is CC1CCCC(N(C)Cc2cccc(CNC3CC3)n2)C1. The van der Waals surface area contributed by atoms with E-state index in [1.807, 2.05) is 0 Å². The lowest BCUT2D eigenvalue weighted by Crippen LogP contribution is -2.35. The van der Waals surface area contributed by atoms with Gasteiger partial charge in [-0.1, -0.05) is 25.8 Å². The predicted octanol–water partition coefficient (Wildman–Crippen LogP) is 3.34. The van der Waals surface area contributed by atoms with Gasteiger partial charge >= 0.3 is 0 Å². The molecule has 2 fully saturated rings. The number of nitrogens with zero attached hydrogens (tertiary/aromatic N) is 2. The van der Waals surface area contributed by atoms with Crippen molar-refractivity contribution in [3.63, 3.8) is 0 Å². The number of aromatic nitrogens is 1. The van der Waals surface area contributed by atoms with Gasteiger partial charge in [0, 0.05) is 25.2 Å². The molecule has 0 bridgehead atoms. The molecule has 1 N–H and O–H groups in total. The fourth-order valence-corrected chi connectivity index (χ4v) is 3.44. The van der Waals surface area contributed by atoms with Crippen LogP contribution in [0.25, 0.3) is 0 Å². The Morgan fingerprint density at radius 3 is 2.76 bits per heavy atom. The maximum atomic E-state index is 4.82. The highest BCUT2D eigenvalue weighted by Gasteiger charge is 2.23. The lowest BCUT2D eigenvalue weighted by Gasteiger charge is -2.34. The standard InChI is InChI=1S/C18H29N3/c1-14-5-3-8-18(11-14)21(2)13-17-7-4-6-16(20-17)12-19-15-9-10-15/h4,6-7,14-15,18-19H,3,5,8-13H2,1-2H3. The van der Waals surface area contributed by atoms with Crippen LogP contribution in [-0.4, -0.2) is 29.0 Å². The molecule has 1 heterocycles. The molecule has 0 radical (unpaired) electrons. The Balaban J connectivity index is 1.54. The van der Waals surface area contributed by atoms with Gasteiger partial charge in [0.1, 0.15) is 0 Å². The average molecular weight is 287 g/mol. The van der Waals surface area contributed by atoms with Crippen LogP contribution in [0.1, 0.15) is 56.8 Å². The molecule has 1 aromatic heterocycles. The molecule has 0 aromatic carbocycles. The highest BCUT2D eigenvalue weighted by atomic mass is 15.1. The Bertz CT molecular complexity index is 456. The zero-order valence-electron chi connectivity index (χ0n) is 13.5. The lowest BCUT2D eigenvalue weighted by molar-refractivity contribution is 0.156. The zero-order chi connectivity index (χ0) is 14.7. The molecule has 3 nitrogen and oxygen atoms in total. The molecule has 0 amide bonds. The smallest absolute Gasteiger partial charge is 0.0547 e. The van der Waals surface area contributed by atoms with Crippen LogP contribution in [-0.2, 0) is 13.1 Å². The molecule has 3 rings (SSSR count). The molecule has 2 unspecified atom stereocenters. The van der Waals surface area contributed by atoms with E-state index in [1.165, 1.54) is 49.9 Å². The molecule has 2 saturated carbocycles. The highest BCUT2D eigenvalue weighted by Crippen LogP contribution is 2.27. The van der Waals surface area contributed by atoms with Crippen LogP contribution >= 0.6 is 0 Å². The molecule has 3 heteroatoms. The number of nitrogens with one attached hydrogen (secondary N) is 1. The van der Waals surface area contributed by atoms with Gasteiger partial charge in [-0.15, -0.1) is 0 Å². The average Bonchev–Trinajstić information content (AvgIpc) is 3.30. The molecule has 116 valence electrons. The minimum Gasteiger partial charge on any atom is -0.308 e. The molecule has 21 heavy (non-hydrogen) atoms. The van der Waals surface area contributed by atoms with Crippen molar-refractivity contribution < 1.29 is 0 Å². The summed E-state index contributed by atoms with van der Waals surface area (Å²) in [5.41, 5.74) is 2.40. The Kier molecular flexibility index (Phi) is 4.91. The van der Waals surface area contributed by atoms with E-state index in [1.54, 1.807) is 0 Å². The number of pyridine rings is 1. The van der Waals surface area contributed by atoms with Crippen molar-refractivity contribution in [2.24, 2.45) is 5.92 Å². The van der Waals surface area contributed by atoms with E-state index in [0.29, 0.717) is 0 Å². The Hall–Kier alpha value is -0.930. The highest BCUT2D eigenvalue weighted by molar-refractivity contribution is 5.11. The van der Waals surface area contributed by atoms with Crippen LogP contribution in [0.2, 0.25) is 0 Å². The van der Waals surface area contributed by atoms with E-state index in [0.717, 1.165) is 31.1 Å². The quantitative estimate of drug-likeness (QED) is 0.869. The van der Waals surface area contributed by atoms with E-state index >= 15 is 0 Å². The second kappa shape index (κ2) is 6.89. The molecule has 1 aromatic rings. The summed E-state index contributed by atoms with van der Waals surface area (Å²) in [5, 5.41) is 3.55. The van der Waals surface area contributed by atoms with Crippen LogP contribution in [0.3, 0.4) is 0 Å². The fraction of sp³-hybridized carbons (Fsp3) is 0.722. The molecule has 0 saturated heterocycles. The van der Waals surface area contributed by atoms with Gasteiger partial charge < -0.3 is 5.32 Å². The van der Waals surface area contributed by atoms with Crippen LogP contribution in [0, 0.1) is 5.92 Å². The van der Waals surface area contributed by atoms with E-state index in [4.69, 9.17) is 4.98 Å². The molecule has 2 aliphatic rings. The maximum absolute atomic E-state index is 4.82. The van der Waals surface area contributed by atoms with Gasteiger partial charge in [-0.2, -0.15) is 0 Å². The monoisotopic (exact) mass is 287 g/mol. The summed E-state index contributed by atoms with van der Waals surface area (Å²) in [6.45, 7) is 4.29. The first-order valence-corrected chi connectivity index (χ1v) is 8.59. The summed E-state index contributed by atoms with van der Waals surface area (Å²) >= 11 is 0. The third kappa shape index (κ3) is 4.52. The van der Waals surface area contributed by atoms with Crippen molar-refractivity contribution in [3.05, 3.63) is 29.6 Å². The third-order valence-electron chi connectivity index (χ3n) is 4.96. The largest absolute Gasteiger partial charge is 0.308 e. The molecular weight excluding hydrogens is 258 g/mol. The van der Waals surface area contributed by atoms with Crippen LogP contribution in [0.15, 0.2) is 18.2 Å². The van der Waals surface area contributed by atoms with Crippen molar-refractivity contribution in [2.45, 2.75) is 70.6 Å². The first-order chi connectivity index (χ1) is 10.2. The Labute approximate surface area is 129 Å². The van der Waals surface area contributed by atoms with E-state index in [-0.39, 0.29) is 0 Å². The first-order valence-electron chi connectivity index (χ1n) is 8.59. The van der Waals surface area contributed by atoms with Crippen LogP contribution in [0.4, 0.5) is 0 Å². The van der Waals surface area contributed by atoms with Gasteiger partial charge in [-0.25, -0.2) is 0 Å². The lowest BCUT2D eigenvalue weighted by atomic mass is 9.86. The third-order valence-corrected chi connectivity index (χ3v) is 4.96. The van der Waals surface area contributed by atoms with Gasteiger partial charge in [-0.05, 0) is 50.8 Å². The molecular formula is C18H29N3. The number of hydrogen-bond acceptors (Lipinski definition) is 3. The van der Waals surface area contributed by atoms with Crippen LogP contribution < -0.4 is 5.32 Å². The molecule has 2 atom stereocenters. The molecule has 2 aliphatic carbocycles. The van der Waals surface area contributed by atoms with Crippen molar-refractivity contribution in [2.75, 3.05) is 7.05 Å². The number of rotatable bonds is 6. The van der Waals surface area contributed by atoms with E-state index in [9.17, 15) is 0 Å². The topological polar surface area (TPSA) is 28.2 Å². The van der Waals surface area contributed by atoms with Gasteiger partial charge in [0.2, 0.25) is 0 Å². The van der Waals surface area contributed by atoms with Crippen molar-refractivity contribution >= 4 is 0 Å². The normalized spacial score (nSPS) is 26.2. The summed E-state index contributed by atoms with van der Waals surface area (Å²) in [5.74, 6) is 0.883. The summed E-state index contributed by atoms with van der Waals surface area (Å²) in [4.78, 5) is 7.33. The van der Waals surface area contributed by atoms with E-state index < -0.39 is 0 Å². The Morgan fingerprint density at radius 2 is 2.00 bits per heavy atom. The van der Waals surface area contributed by atoms with E-state index in [2.05, 4.69) is 42.4 Å². The summed E-state index contributed by atoms with van der Waals surface area (Å²) in [6.07, 6.45) is 8.16. The fourth-order valence-electron chi connectivity index (χ4n) is 3.44. The minimum atomic E-state index is 0.740. The maximum Gasteiger partial charge on any atom is 0.0547 e. The second-order valence-corrected chi connectivity index (χ2v) is 7.12. The molecule has 0 aliphatic heterocycles. The zero-order valence-corrected chi connectivity index (χ0v) is 13.5. The minimum absolute atomic E-state index is 0.740. The summed E-state index contributed by atoms with van der Waals surface area (Å²) in [7, 11) is 2.26. The summed E-state index contributed by atoms with van der Waals surface area (Å²) in [6, 6.07) is 7.96. The van der Waals surface area contributed by atoms with Crippen molar-refractivity contribution in [1.82, 2.24) is 15.2 Å². The van der Waals surface area contributed by atoms with Crippen molar-refractivity contribution in [3.8, 4) is 0 Å². The van der Waals surface area contributed by atoms with Gasteiger partial charge in [0.05, 0.1) is 11.4 Å². The second-order valence-electron chi connectivity index (χ2n) is 7.12. The first kappa shape index (κ1) is 15.0. The van der Waals surface area contributed by atoms with Gasteiger partial charge in [0.15, 0.2) is 0 Å². The van der Waals surface area contributed by atoms with Crippen LogP contribution in [0.5, 0.6) is 0 Å².